The molecule has 648 valence electrons. The Balaban J connectivity index is 1.47. The van der Waals surface area contributed by atoms with Gasteiger partial charge in [0.2, 0.25) is 59.1 Å². The van der Waals surface area contributed by atoms with Crippen LogP contribution in [0.4, 0.5) is 0 Å². The van der Waals surface area contributed by atoms with Crippen molar-refractivity contribution < 1.29 is 107 Å². The monoisotopic (exact) mass is 1690 g/mol. The van der Waals surface area contributed by atoms with Crippen LogP contribution in [0.15, 0.2) is 73.3 Å². The first-order valence-corrected chi connectivity index (χ1v) is 42.3. The third-order valence-electron chi connectivity index (χ3n) is 20.2. The van der Waals surface area contributed by atoms with Crippen LogP contribution < -0.4 is 53.2 Å². The summed E-state index contributed by atoms with van der Waals surface area (Å²) < 4.78 is 0. The van der Waals surface area contributed by atoms with Gasteiger partial charge in [-0.15, -0.1) is 0 Å². The molecule has 1 fully saturated rings. The Morgan fingerprint density at radius 1 is 0.613 bits per heavy atom. The van der Waals surface area contributed by atoms with E-state index < -0.39 is 272 Å². The van der Waals surface area contributed by atoms with Crippen LogP contribution in [0.2, 0.25) is 0 Å². The number of allylic oxidation sites excluding steroid dienone is 1. The molecule has 13 atom stereocenters. The number of aromatic nitrogens is 3. The summed E-state index contributed by atoms with van der Waals surface area (Å²) in [6.07, 6.45) is -1.55. The van der Waals surface area contributed by atoms with Gasteiger partial charge in [0.1, 0.15) is 24.2 Å². The van der Waals surface area contributed by atoms with E-state index in [2.05, 4.69) is 68.1 Å². The number of nitrogens with one attached hydrogen (secondary N) is 12. The summed E-state index contributed by atoms with van der Waals surface area (Å²) in [6.45, 7) is 13.0. The van der Waals surface area contributed by atoms with Crippen molar-refractivity contribution in [2.45, 2.75) is 219 Å². The van der Waals surface area contributed by atoms with Gasteiger partial charge in [0.25, 0.3) is 0 Å². The van der Waals surface area contributed by atoms with E-state index in [-0.39, 0.29) is 50.4 Å². The smallest absolute Gasteiger partial charge is 0.328 e. The zero-order valence-electron chi connectivity index (χ0n) is 68.2. The molecule has 0 unspecified atom stereocenters. The SMILES string of the molecule is CCC(=O)NCC(=O)CCC(=O)N[C@@H](CC(=O)O)C(=O)N[C@H]1CSSC[C@@H](C(=O)N[C@H](C(=O)O)[C@@H](C)O)CC(=O)[C@H](Cc2c[nH]c3ccccc23)NC(=O)[C@H](C(C)C)NC(=O)[C@H](CC(C)C)NC(=O)[C@H](CCC(=O)O)CC(=O)CNC(=O)[C@H](CC(C)C)CC(=O)[C@H](Cc2cnc[nH]2)NC(=O)[C@H](CC2=CCc3ccccc32)NC(=O)[C@H](C)CC1=O. The predicted octanol–water partition coefficient (Wildman–Crippen LogP) is 2.85. The maximum atomic E-state index is 15.3. The Labute approximate surface area is 696 Å². The van der Waals surface area contributed by atoms with Gasteiger partial charge < -0.3 is 83.6 Å². The summed E-state index contributed by atoms with van der Waals surface area (Å²) >= 11 is 0. The second-order valence-corrected chi connectivity index (χ2v) is 33.9. The van der Waals surface area contributed by atoms with E-state index in [1.54, 1.807) is 85.0 Å². The van der Waals surface area contributed by atoms with Crippen LogP contribution >= 0.6 is 21.6 Å². The third kappa shape index (κ3) is 31.7. The molecule has 0 bridgehead atoms. The molecule has 0 spiro atoms. The number of hydrogen-bond acceptors (Lipinski definition) is 22. The van der Waals surface area contributed by atoms with E-state index in [9.17, 15) is 92.3 Å². The number of imidazole rings is 1. The molecule has 3 heterocycles. The Morgan fingerprint density at radius 2 is 1.26 bits per heavy atom. The minimum atomic E-state index is -1.95. The minimum absolute atomic E-state index is 0.0610. The number of hydrogen-bond donors (Lipinski definition) is 16. The molecule has 16 N–H and O–H groups in total. The lowest BCUT2D eigenvalue weighted by Crippen LogP contribution is -2.58. The first-order chi connectivity index (χ1) is 56.3. The summed E-state index contributed by atoms with van der Waals surface area (Å²) in [4.78, 5) is 262. The zero-order valence-corrected chi connectivity index (χ0v) is 69.8. The molecule has 1 saturated heterocycles. The second-order valence-electron chi connectivity index (χ2n) is 31.4. The van der Waals surface area contributed by atoms with Gasteiger partial charge in [0.15, 0.2) is 35.0 Å². The quantitative estimate of drug-likeness (QED) is 0.0348. The van der Waals surface area contributed by atoms with E-state index in [0.29, 0.717) is 34.2 Å². The van der Waals surface area contributed by atoms with E-state index in [1.807, 2.05) is 24.3 Å². The number of H-pyrrole nitrogens is 2. The molecule has 2 aliphatic rings. The highest BCUT2D eigenvalue weighted by atomic mass is 33.1. The Kier molecular flexibility index (Phi) is 38.7. The van der Waals surface area contributed by atoms with Crippen molar-refractivity contribution in [3.63, 3.8) is 0 Å². The number of benzene rings is 2. The number of carbonyl (C=O) groups is 18. The van der Waals surface area contributed by atoms with Crippen LogP contribution in [0.3, 0.4) is 0 Å². The Bertz CT molecular complexity index is 4350. The Hall–Kier alpha value is -11.0. The van der Waals surface area contributed by atoms with Gasteiger partial charge in [0, 0.05) is 129 Å². The molecule has 2 aromatic carbocycles. The highest BCUT2D eigenvalue weighted by molar-refractivity contribution is 8.76. The number of carboxylic acid groups (broad SMARTS) is 3. The van der Waals surface area contributed by atoms with Gasteiger partial charge in [-0.2, -0.15) is 0 Å². The highest BCUT2D eigenvalue weighted by Crippen LogP contribution is 2.33. The number of aliphatic hydroxyl groups is 1. The zero-order chi connectivity index (χ0) is 87.9. The number of carboxylic acids is 3. The van der Waals surface area contributed by atoms with Crippen LogP contribution in [-0.4, -0.2) is 220 Å². The number of fused-ring (bicyclic) bond motifs is 2. The maximum absolute atomic E-state index is 15.3. The van der Waals surface area contributed by atoms with Crippen molar-refractivity contribution in [2.75, 3.05) is 24.6 Å². The lowest BCUT2D eigenvalue weighted by atomic mass is 9.88. The number of amides is 10. The van der Waals surface area contributed by atoms with Crippen molar-refractivity contribution in [1.82, 2.24) is 68.1 Å². The van der Waals surface area contributed by atoms with E-state index in [4.69, 9.17) is 0 Å². The maximum Gasteiger partial charge on any atom is 0.328 e. The first kappa shape index (κ1) is 96.9. The van der Waals surface area contributed by atoms with Gasteiger partial charge >= 0.3 is 17.9 Å². The average Bonchev–Trinajstić information content (AvgIpc) is 1.70. The van der Waals surface area contributed by atoms with Crippen LogP contribution in [0.25, 0.3) is 16.5 Å². The molecular formula is C82H111N13O22S2. The molecule has 35 nitrogen and oxygen atoms in total. The average molecular weight is 1690 g/mol. The number of para-hydroxylation sites is 1. The largest absolute Gasteiger partial charge is 0.481 e. The summed E-state index contributed by atoms with van der Waals surface area (Å²) in [5.41, 5.74) is 3.71. The van der Waals surface area contributed by atoms with Gasteiger partial charge in [-0.25, -0.2) is 9.78 Å². The number of ketones is 5. The molecule has 4 aromatic rings. The molecule has 6 rings (SSSR count). The molecule has 1 aliphatic carbocycles. The molecule has 119 heavy (non-hydrogen) atoms. The van der Waals surface area contributed by atoms with Crippen molar-refractivity contribution in [3.8, 4) is 0 Å². The second kappa shape index (κ2) is 47.6. The number of rotatable bonds is 29. The molecule has 0 radical (unpaired) electrons. The fraction of sp³-hybridized carbons (Fsp3) is 0.549. The van der Waals surface area contributed by atoms with Crippen molar-refractivity contribution in [1.29, 1.82) is 0 Å². The fourth-order valence-corrected chi connectivity index (χ4v) is 16.1. The number of aliphatic carboxylic acids is 3. The highest BCUT2D eigenvalue weighted by Gasteiger charge is 2.40. The van der Waals surface area contributed by atoms with Gasteiger partial charge in [-0.05, 0) is 78.7 Å². The van der Waals surface area contributed by atoms with Crippen LogP contribution in [-0.2, 0) is 106 Å². The van der Waals surface area contributed by atoms with E-state index in [0.717, 1.165) is 39.6 Å². The lowest BCUT2D eigenvalue weighted by molar-refractivity contribution is -0.145. The predicted molar refractivity (Wildman–Crippen MR) is 438 cm³/mol. The number of carbonyl (C=O) groups excluding carboxylic acids is 15. The number of aliphatic hydroxyl groups excluding tert-OH is 1. The topological polar surface area (TPSA) is 553 Å². The summed E-state index contributed by atoms with van der Waals surface area (Å²) in [6, 6.07) is 1.17. The number of aromatic amines is 2. The summed E-state index contributed by atoms with van der Waals surface area (Å²) in [7, 11) is 1.59. The summed E-state index contributed by atoms with van der Waals surface area (Å²) in [5.74, 6) is -25.2. The normalized spacial score (nSPS) is 22.5. The lowest BCUT2D eigenvalue weighted by Gasteiger charge is -2.29. The van der Waals surface area contributed by atoms with Gasteiger partial charge in [-0.3, -0.25) is 81.5 Å². The van der Waals surface area contributed by atoms with Gasteiger partial charge in [0.05, 0.1) is 56.0 Å². The number of Topliss-reactive ketones (excluding diaryl/α,β-unsaturated/α-hetero) is 5. The van der Waals surface area contributed by atoms with Crippen molar-refractivity contribution >= 4 is 144 Å². The van der Waals surface area contributed by atoms with Gasteiger partial charge in [-0.1, -0.05) is 126 Å². The molecule has 0 saturated carbocycles. The molecule has 37 heteroatoms. The minimum Gasteiger partial charge on any atom is -0.481 e. The van der Waals surface area contributed by atoms with Crippen LogP contribution in [0.5, 0.6) is 0 Å². The molecular weight excluding hydrogens is 1580 g/mol. The van der Waals surface area contributed by atoms with Crippen LogP contribution in [0.1, 0.15) is 168 Å². The van der Waals surface area contributed by atoms with E-state index in [1.165, 1.54) is 19.4 Å². The van der Waals surface area contributed by atoms with Crippen molar-refractivity contribution in [3.05, 3.63) is 95.7 Å². The summed E-state index contributed by atoms with van der Waals surface area (Å²) in [5, 5.41) is 66.9. The fourth-order valence-electron chi connectivity index (χ4n) is 13.6. The molecule has 10 amide bonds. The Morgan fingerprint density at radius 3 is 1.92 bits per heavy atom. The number of nitrogens with zero attached hydrogens (tertiary/aromatic N) is 1. The molecule has 2 aromatic heterocycles. The van der Waals surface area contributed by atoms with Crippen LogP contribution in [0, 0.1) is 41.4 Å². The third-order valence-corrected chi connectivity index (χ3v) is 22.7. The standard InChI is InChI=1S/C82H111N13O22S2/c1-10-68(102)85-37-54(97)22-23-69(103)88-63(34-71(106)107)79(113)93-64-40-119-118-39-52(77(111)95-73(46(9)96)82(116)117)32-67(101)59(30-51-35-84-58-18-14-13-17-57(51)58)90-81(115)72(44(6)7)94-80(114)61(26-43(4)5)92-76(110)49(21-24-70(104)105)28-55(98)38-86-75(109)50(25-42(2)3)31-66(100)60(33-53-36-83-41-87-53)89-78(112)62(91-74(108)45(8)27-65(64)99)29-48-20-19-47-15-11-12-16-56(47)48/h11-18,20,35-36,41-46,49-50,52,59-64,72-73,84,96H,10,19,21-34,37-40H2,1-9H3,(H,83,87)(H,85,102)(H,86,109)(H,88,103)(H,89,112)(H,90,115)(H,91,108)(H,92,110)(H,93,113)(H,94,114)(H,95,111)(H,104,105)(H,106,107)(H,116,117)/t45-,46-,49-,50-,52+,59+,60+,61+,62+,63+,64+,72+,73+/m1/s1. The van der Waals surface area contributed by atoms with E-state index >= 15 is 14.4 Å². The molecule has 1 aliphatic heterocycles. The first-order valence-electron chi connectivity index (χ1n) is 39.8. The van der Waals surface area contributed by atoms with Crippen molar-refractivity contribution in [2.24, 2.45) is 41.4 Å².